The lowest BCUT2D eigenvalue weighted by atomic mass is 10.1. The lowest BCUT2D eigenvalue weighted by Crippen LogP contribution is -2.35. The van der Waals surface area contributed by atoms with Crippen LogP contribution in [0.5, 0.6) is 0 Å². The van der Waals surface area contributed by atoms with Crippen molar-refractivity contribution in [1.82, 2.24) is 9.97 Å². The molecule has 0 bridgehead atoms. The molecule has 0 aliphatic carbocycles. The maximum atomic E-state index is 11.0. The number of amides is 1. The molecular formula is C11H19N5O. The second-order valence-electron chi connectivity index (χ2n) is 3.79. The number of hydrogen-bond acceptors (Lipinski definition) is 5. The van der Waals surface area contributed by atoms with Crippen molar-refractivity contribution in [3.63, 3.8) is 0 Å². The van der Waals surface area contributed by atoms with Crippen LogP contribution in [0.4, 0.5) is 11.6 Å². The van der Waals surface area contributed by atoms with E-state index in [1.807, 2.05) is 11.8 Å². The molecule has 0 aromatic carbocycles. The Kier molecular flexibility index (Phi) is 4.68. The zero-order chi connectivity index (χ0) is 12.8. The van der Waals surface area contributed by atoms with Crippen molar-refractivity contribution in [1.29, 1.82) is 0 Å². The van der Waals surface area contributed by atoms with Gasteiger partial charge in [0.25, 0.3) is 0 Å². The Hall–Kier alpha value is -1.85. The molecule has 1 aromatic rings. The van der Waals surface area contributed by atoms with Gasteiger partial charge in [-0.15, -0.1) is 0 Å². The fraction of sp³-hybridized carbons (Fsp3) is 0.545. The van der Waals surface area contributed by atoms with Crippen LogP contribution in [0.1, 0.15) is 25.8 Å². The number of rotatable bonds is 6. The van der Waals surface area contributed by atoms with Gasteiger partial charge in [-0.25, -0.2) is 9.97 Å². The first kappa shape index (κ1) is 13.2. The average molecular weight is 237 g/mol. The van der Waals surface area contributed by atoms with Gasteiger partial charge >= 0.3 is 0 Å². The van der Waals surface area contributed by atoms with Crippen LogP contribution in [-0.4, -0.2) is 29.0 Å². The van der Waals surface area contributed by atoms with Gasteiger partial charge in [0, 0.05) is 12.1 Å². The lowest BCUT2D eigenvalue weighted by Gasteiger charge is -2.23. The first-order chi connectivity index (χ1) is 8.10. The van der Waals surface area contributed by atoms with Crippen LogP contribution >= 0.6 is 0 Å². The van der Waals surface area contributed by atoms with Crippen molar-refractivity contribution in [3.05, 3.63) is 11.9 Å². The Labute approximate surface area is 101 Å². The predicted molar refractivity (Wildman–Crippen MR) is 67.5 cm³/mol. The quantitative estimate of drug-likeness (QED) is 0.742. The normalized spacial score (nSPS) is 10.2. The van der Waals surface area contributed by atoms with Gasteiger partial charge in [-0.1, -0.05) is 13.3 Å². The number of carbonyl (C=O) groups is 1. The molecule has 0 saturated carbocycles. The topological polar surface area (TPSA) is 98.1 Å². The largest absolute Gasteiger partial charge is 0.383 e. The average Bonchev–Trinajstić information content (AvgIpc) is 2.29. The number of primary amides is 1. The smallest absolute Gasteiger partial charge is 0.236 e. The molecule has 6 nitrogen and oxygen atoms in total. The van der Waals surface area contributed by atoms with Crippen LogP contribution < -0.4 is 16.4 Å². The summed E-state index contributed by atoms with van der Waals surface area (Å²) in [5, 5.41) is 0. The summed E-state index contributed by atoms with van der Waals surface area (Å²) in [5.41, 5.74) is 11.9. The Balaban J connectivity index is 3.08. The number of nitrogens with two attached hydrogens (primary N) is 2. The molecule has 4 N–H and O–H groups in total. The zero-order valence-corrected chi connectivity index (χ0v) is 10.3. The minimum Gasteiger partial charge on any atom is -0.383 e. The third-order valence-electron chi connectivity index (χ3n) is 2.48. The Morgan fingerprint density at radius 1 is 1.41 bits per heavy atom. The molecule has 0 fully saturated rings. The Morgan fingerprint density at radius 3 is 2.65 bits per heavy atom. The van der Waals surface area contributed by atoms with E-state index in [9.17, 15) is 4.79 Å². The Morgan fingerprint density at radius 2 is 2.12 bits per heavy atom. The molecule has 0 saturated heterocycles. The van der Waals surface area contributed by atoms with Crippen molar-refractivity contribution in [2.45, 2.75) is 26.7 Å². The third-order valence-corrected chi connectivity index (χ3v) is 2.48. The highest BCUT2D eigenvalue weighted by atomic mass is 16.1. The molecule has 1 amide bonds. The molecule has 0 radical (unpaired) electrons. The predicted octanol–water partition coefficient (Wildman–Crippen LogP) is 0.323. The van der Waals surface area contributed by atoms with E-state index >= 15 is 0 Å². The summed E-state index contributed by atoms with van der Waals surface area (Å²) in [7, 11) is 0. The second-order valence-corrected chi connectivity index (χ2v) is 3.79. The molecule has 94 valence electrons. The van der Waals surface area contributed by atoms with Crippen LogP contribution in [0, 0.1) is 0 Å². The number of nitrogen functional groups attached to an aromatic ring is 1. The number of anilines is 2. The van der Waals surface area contributed by atoms with Gasteiger partial charge in [0.1, 0.15) is 18.0 Å². The van der Waals surface area contributed by atoms with Crippen LogP contribution in [0.3, 0.4) is 0 Å². The maximum Gasteiger partial charge on any atom is 0.236 e. The third kappa shape index (κ3) is 3.30. The summed E-state index contributed by atoms with van der Waals surface area (Å²) in [6, 6.07) is 0. The molecule has 0 aliphatic heterocycles. The van der Waals surface area contributed by atoms with E-state index in [0.29, 0.717) is 18.2 Å². The number of hydrogen-bond donors (Lipinski definition) is 2. The van der Waals surface area contributed by atoms with Crippen molar-refractivity contribution in [2.24, 2.45) is 5.73 Å². The van der Waals surface area contributed by atoms with Gasteiger partial charge in [0.15, 0.2) is 0 Å². The van der Waals surface area contributed by atoms with E-state index < -0.39 is 0 Å². The van der Waals surface area contributed by atoms with Gasteiger partial charge in [-0.2, -0.15) is 0 Å². The highest BCUT2D eigenvalue weighted by Gasteiger charge is 2.15. The molecule has 6 heteroatoms. The number of aromatic nitrogens is 2. The molecule has 0 aliphatic rings. The monoisotopic (exact) mass is 237 g/mol. The SMILES string of the molecule is CCCc1c(N)ncnc1N(CC)CC(N)=O. The molecular weight excluding hydrogens is 218 g/mol. The highest BCUT2D eigenvalue weighted by Crippen LogP contribution is 2.22. The van der Waals surface area contributed by atoms with Crippen molar-refractivity contribution >= 4 is 17.5 Å². The first-order valence-electron chi connectivity index (χ1n) is 5.72. The van der Waals surface area contributed by atoms with E-state index in [-0.39, 0.29) is 12.5 Å². The molecule has 0 spiro atoms. The number of likely N-dealkylation sites (N-methyl/N-ethyl adjacent to an activating group) is 1. The summed E-state index contributed by atoms with van der Waals surface area (Å²) < 4.78 is 0. The van der Waals surface area contributed by atoms with Crippen LogP contribution in [0.15, 0.2) is 6.33 Å². The summed E-state index contributed by atoms with van der Waals surface area (Å²) in [6.07, 6.45) is 3.14. The van der Waals surface area contributed by atoms with Crippen LogP contribution in [0.2, 0.25) is 0 Å². The van der Waals surface area contributed by atoms with Crippen LogP contribution in [0.25, 0.3) is 0 Å². The van der Waals surface area contributed by atoms with E-state index in [4.69, 9.17) is 11.5 Å². The standard InChI is InChI=1S/C11H19N5O/c1-3-5-8-10(13)14-7-15-11(8)16(4-2)6-9(12)17/h7H,3-6H2,1-2H3,(H2,12,17)(H2,13,14,15). The van der Waals surface area contributed by atoms with Gasteiger partial charge in [0.2, 0.25) is 5.91 Å². The molecule has 1 aromatic heterocycles. The molecule has 1 rings (SSSR count). The van der Waals surface area contributed by atoms with Gasteiger partial charge < -0.3 is 16.4 Å². The van der Waals surface area contributed by atoms with E-state index in [2.05, 4.69) is 16.9 Å². The number of nitrogens with zero attached hydrogens (tertiary/aromatic N) is 3. The van der Waals surface area contributed by atoms with E-state index in [1.165, 1.54) is 6.33 Å². The highest BCUT2D eigenvalue weighted by molar-refractivity contribution is 5.79. The summed E-state index contributed by atoms with van der Waals surface area (Å²) in [4.78, 5) is 21.0. The van der Waals surface area contributed by atoms with E-state index in [1.54, 1.807) is 0 Å². The minimum absolute atomic E-state index is 0.143. The molecule has 17 heavy (non-hydrogen) atoms. The van der Waals surface area contributed by atoms with Crippen LogP contribution in [-0.2, 0) is 11.2 Å². The van der Waals surface area contributed by atoms with Crippen molar-refractivity contribution < 1.29 is 4.79 Å². The lowest BCUT2D eigenvalue weighted by molar-refractivity contribution is -0.116. The Bertz CT molecular complexity index is 393. The van der Waals surface area contributed by atoms with E-state index in [0.717, 1.165) is 18.4 Å². The second kappa shape index (κ2) is 6.03. The summed E-state index contributed by atoms with van der Waals surface area (Å²) >= 11 is 0. The fourth-order valence-electron chi connectivity index (χ4n) is 1.70. The maximum absolute atomic E-state index is 11.0. The van der Waals surface area contributed by atoms with Gasteiger partial charge in [-0.3, -0.25) is 4.79 Å². The van der Waals surface area contributed by atoms with Gasteiger partial charge in [-0.05, 0) is 13.3 Å². The molecule has 1 heterocycles. The van der Waals surface area contributed by atoms with Crippen molar-refractivity contribution in [3.8, 4) is 0 Å². The summed E-state index contributed by atoms with van der Waals surface area (Å²) in [5.74, 6) is 0.798. The number of carbonyl (C=O) groups excluding carboxylic acids is 1. The van der Waals surface area contributed by atoms with Gasteiger partial charge in [0.05, 0.1) is 6.54 Å². The van der Waals surface area contributed by atoms with Crippen molar-refractivity contribution in [2.75, 3.05) is 23.7 Å². The molecule has 0 unspecified atom stereocenters. The molecule has 0 atom stereocenters. The summed E-state index contributed by atoms with van der Waals surface area (Å²) in [6.45, 7) is 4.79. The fourth-order valence-corrected chi connectivity index (χ4v) is 1.70. The zero-order valence-electron chi connectivity index (χ0n) is 10.3. The minimum atomic E-state index is -0.383. The first-order valence-corrected chi connectivity index (χ1v) is 5.72.